The van der Waals surface area contributed by atoms with E-state index >= 15 is 0 Å². The van der Waals surface area contributed by atoms with Crippen LogP contribution in [0.25, 0.3) is 0 Å². The Morgan fingerprint density at radius 2 is 1.67 bits per heavy atom. The second-order valence-corrected chi connectivity index (χ2v) is 6.18. The number of ether oxygens (including phenoxy) is 3. The topological polar surface area (TPSA) is 61.8 Å². The summed E-state index contributed by atoms with van der Waals surface area (Å²) in [4.78, 5) is 24.9. The Hall–Kier alpha value is -2.04. The third kappa shape index (κ3) is 3.89. The lowest BCUT2D eigenvalue weighted by Crippen LogP contribution is -2.40. The highest BCUT2D eigenvalue weighted by Crippen LogP contribution is 2.45. The highest BCUT2D eigenvalue weighted by molar-refractivity contribution is 6.00. The average molecular weight is 334 g/mol. The molecule has 0 heterocycles. The van der Waals surface area contributed by atoms with E-state index < -0.39 is 17.4 Å². The second kappa shape index (κ2) is 8.18. The molecule has 1 saturated carbocycles. The molecule has 5 nitrogen and oxygen atoms in total. The van der Waals surface area contributed by atoms with Gasteiger partial charge in [0.2, 0.25) is 0 Å². The van der Waals surface area contributed by atoms with E-state index in [1.165, 1.54) is 5.56 Å². The normalized spacial score (nSPS) is 18.9. The van der Waals surface area contributed by atoms with Crippen LogP contribution in [0, 0.1) is 11.3 Å². The molecule has 0 aromatic heterocycles. The SMILES string of the molecule is CCOC(=O)C1(C(=O)OCC)CCC(Cc2ccc(OC)cc2)C1. The van der Waals surface area contributed by atoms with Crippen LogP contribution in [0.1, 0.15) is 38.7 Å². The summed E-state index contributed by atoms with van der Waals surface area (Å²) in [5.41, 5.74) is 0.0349. The zero-order valence-corrected chi connectivity index (χ0v) is 14.7. The molecule has 1 unspecified atom stereocenters. The first-order valence-corrected chi connectivity index (χ1v) is 8.53. The molecule has 1 atom stereocenters. The number of rotatable bonds is 7. The number of methoxy groups -OCH3 is 1. The van der Waals surface area contributed by atoms with Crippen molar-refractivity contribution in [3.05, 3.63) is 29.8 Å². The molecule has 1 aromatic carbocycles. The van der Waals surface area contributed by atoms with Gasteiger partial charge in [-0.3, -0.25) is 9.59 Å². The lowest BCUT2D eigenvalue weighted by atomic mass is 9.84. The summed E-state index contributed by atoms with van der Waals surface area (Å²) < 4.78 is 15.5. The molecule has 0 amide bonds. The largest absolute Gasteiger partial charge is 0.497 e. The van der Waals surface area contributed by atoms with Gasteiger partial charge in [0.15, 0.2) is 5.41 Å². The molecule has 1 aliphatic carbocycles. The van der Waals surface area contributed by atoms with Crippen molar-refractivity contribution in [2.24, 2.45) is 11.3 Å². The van der Waals surface area contributed by atoms with Crippen molar-refractivity contribution in [3.8, 4) is 5.75 Å². The monoisotopic (exact) mass is 334 g/mol. The number of esters is 2. The van der Waals surface area contributed by atoms with Gasteiger partial charge in [0.05, 0.1) is 20.3 Å². The predicted octanol–water partition coefficient (Wildman–Crippen LogP) is 3.15. The predicted molar refractivity (Wildman–Crippen MR) is 89.7 cm³/mol. The molecular formula is C19H26O5. The van der Waals surface area contributed by atoms with E-state index in [2.05, 4.69) is 0 Å². The fourth-order valence-electron chi connectivity index (χ4n) is 3.41. The third-order valence-corrected chi connectivity index (χ3v) is 4.63. The minimum absolute atomic E-state index is 0.257. The highest BCUT2D eigenvalue weighted by atomic mass is 16.6. The van der Waals surface area contributed by atoms with Crippen LogP contribution in [0.3, 0.4) is 0 Å². The summed E-state index contributed by atoms with van der Waals surface area (Å²) in [5, 5.41) is 0. The van der Waals surface area contributed by atoms with E-state index in [4.69, 9.17) is 14.2 Å². The minimum atomic E-state index is -1.14. The molecule has 1 fully saturated rings. The van der Waals surface area contributed by atoms with Gasteiger partial charge >= 0.3 is 11.9 Å². The Bertz CT molecular complexity index is 546. The van der Waals surface area contributed by atoms with Crippen molar-refractivity contribution >= 4 is 11.9 Å². The van der Waals surface area contributed by atoms with Crippen molar-refractivity contribution in [2.45, 2.75) is 39.5 Å². The summed E-state index contributed by atoms with van der Waals surface area (Å²) in [7, 11) is 1.64. The summed E-state index contributed by atoms with van der Waals surface area (Å²) in [5.74, 6) is 0.186. The van der Waals surface area contributed by atoms with E-state index in [0.29, 0.717) is 12.8 Å². The molecule has 2 rings (SSSR count). The van der Waals surface area contributed by atoms with Gasteiger partial charge in [-0.05, 0) is 63.1 Å². The van der Waals surface area contributed by atoms with Crippen LogP contribution in [0.2, 0.25) is 0 Å². The molecule has 0 spiro atoms. The molecule has 1 aromatic rings. The first-order valence-electron chi connectivity index (χ1n) is 8.53. The van der Waals surface area contributed by atoms with Gasteiger partial charge in [0.1, 0.15) is 5.75 Å². The number of carbonyl (C=O) groups is 2. The van der Waals surface area contributed by atoms with Crippen molar-refractivity contribution in [3.63, 3.8) is 0 Å². The van der Waals surface area contributed by atoms with Crippen LogP contribution < -0.4 is 4.74 Å². The van der Waals surface area contributed by atoms with E-state index in [1.807, 2.05) is 24.3 Å². The van der Waals surface area contributed by atoms with Crippen LogP contribution in [-0.4, -0.2) is 32.3 Å². The minimum Gasteiger partial charge on any atom is -0.497 e. The van der Waals surface area contributed by atoms with Gasteiger partial charge in [0, 0.05) is 0 Å². The lowest BCUT2D eigenvalue weighted by molar-refractivity contribution is -0.171. The zero-order chi connectivity index (χ0) is 17.6. The lowest BCUT2D eigenvalue weighted by Gasteiger charge is -2.24. The maximum atomic E-state index is 12.4. The number of carbonyl (C=O) groups excluding carboxylic acids is 2. The fraction of sp³-hybridized carbons (Fsp3) is 0.579. The molecule has 5 heteroatoms. The molecule has 0 saturated heterocycles. The smallest absolute Gasteiger partial charge is 0.323 e. The Labute approximate surface area is 143 Å². The van der Waals surface area contributed by atoms with Gasteiger partial charge in [-0.15, -0.1) is 0 Å². The number of benzene rings is 1. The van der Waals surface area contributed by atoms with Crippen molar-refractivity contribution in [1.82, 2.24) is 0 Å². The van der Waals surface area contributed by atoms with E-state index in [0.717, 1.165) is 18.6 Å². The standard InChI is InChI=1S/C19H26O5/c1-4-23-17(20)19(18(21)24-5-2)11-10-15(13-19)12-14-6-8-16(22-3)9-7-14/h6-9,15H,4-5,10-13H2,1-3H3. The molecule has 24 heavy (non-hydrogen) atoms. The van der Waals surface area contributed by atoms with Crippen LogP contribution >= 0.6 is 0 Å². The summed E-state index contributed by atoms with van der Waals surface area (Å²) in [6.45, 7) is 4.04. The van der Waals surface area contributed by atoms with Crippen molar-refractivity contribution in [2.75, 3.05) is 20.3 Å². The molecule has 0 radical (unpaired) electrons. The number of hydrogen-bond acceptors (Lipinski definition) is 5. The van der Waals surface area contributed by atoms with Gasteiger partial charge in [-0.2, -0.15) is 0 Å². The average Bonchev–Trinajstić information content (AvgIpc) is 3.01. The zero-order valence-electron chi connectivity index (χ0n) is 14.7. The third-order valence-electron chi connectivity index (χ3n) is 4.63. The molecule has 1 aliphatic rings. The van der Waals surface area contributed by atoms with Gasteiger partial charge in [-0.25, -0.2) is 0 Å². The molecule has 0 N–H and O–H groups in total. The molecular weight excluding hydrogens is 308 g/mol. The first-order chi connectivity index (χ1) is 11.6. The van der Waals surface area contributed by atoms with Crippen LogP contribution in [-0.2, 0) is 25.5 Å². The van der Waals surface area contributed by atoms with E-state index in [1.54, 1.807) is 21.0 Å². The Morgan fingerprint density at radius 3 is 2.17 bits per heavy atom. The Balaban J connectivity index is 2.09. The van der Waals surface area contributed by atoms with Gasteiger partial charge in [0.25, 0.3) is 0 Å². The summed E-state index contributed by atoms with van der Waals surface area (Å²) in [6, 6.07) is 7.89. The first kappa shape index (κ1) is 18.3. The van der Waals surface area contributed by atoms with Crippen molar-refractivity contribution < 1.29 is 23.8 Å². The maximum Gasteiger partial charge on any atom is 0.323 e. The van der Waals surface area contributed by atoms with Crippen LogP contribution in [0.4, 0.5) is 0 Å². The summed E-state index contributed by atoms with van der Waals surface area (Å²) in [6.07, 6.45) is 2.61. The van der Waals surface area contributed by atoms with Crippen molar-refractivity contribution in [1.29, 1.82) is 0 Å². The Kier molecular flexibility index (Phi) is 6.23. The fourth-order valence-corrected chi connectivity index (χ4v) is 3.41. The molecule has 0 aliphatic heterocycles. The maximum absolute atomic E-state index is 12.4. The highest BCUT2D eigenvalue weighted by Gasteiger charge is 2.53. The molecule has 132 valence electrons. The van der Waals surface area contributed by atoms with Crippen LogP contribution in [0.15, 0.2) is 24.3 Å². The number of hydrogen-bond donors (Lipinski definition) is 0. The van der Waals surface area contributed by atoms with E-state index in [-0.39, 0.29) is 19.1 Å². The van der Waals surface area contributed by atoms with Gasteiger partial charge < -0.3 is 14.2 Å². The second-order valence-electron chi connectivity index (χ2n) is 6.18. The van der Waals surface area contributed by atoms with Gasteiger partial charge in [-0.1, -0.05) is 12.1 Å². The Morgan fingerprint density at radius 1 is 1.08 bits per heavy atom. The summed E-state index contributed by atoms with van der Waals surface area (Å²) >= 11 is 0. The van der Waals surface area contributed by atoms with Crippen LogP contribution in [0.5, 0.6) is 5.75 Å². The quantitative estimate of drug-likeness (QED) is 0.566. The van der Waals surface area contributed by atoms with E-state index in [9.17, 15) is 9.59 Å². The molecule has 0 bridgehead atoms.